The third-order valence-corrected chi connectivity index (χ3v) is 2.99. The van der Waals surface area contributed by atoms with Crippen LogP contribution < -0.4 is 5.32 Å². The fourth-order valence-electron chi connectivity index (χ4n) is 1.90. The molecule has 1 aromatic rings. The van der Waals surface area contributed by atoms with Gasteiger partial charge in [-0.3, -0.25) is 4.79 Å². The Morgan fingerprint density at radius 3 is 2.59 bits per heavy atom. The molecule has 1 aromatic carbocycles. The van der Waals surface area contributed by atoms with E-state index in [2.05, 4.69) is 5.32 Å². The summed E-state index contributed by atoms with van der Waals surface area (Å²) in [5.41, 5.74) is -0.418. The van der Waals surface area contributed by atoms with Gasteiger partial charge in [-0.25, -0.2) is 8.78 Å². The maximum Gasteiger partial charge on any atom is 0.319 e. The second-order valence-corrected chi connectivity index (χ2v) is 4.04. The maximum absolute atomic E-state index is 13.2. The minimum Gasteiger partial charge on any atom is -0.465 e. The van der Waals surface area contributed by atoms with Gasteiger partial charge in [0.2, 0.25) is 0 Å². The standard InChI is InChI=1S/C12H13F2NO2/c1-2-17-11(16)12(6-15-7-12)8-3-4-9(13)10(14)5-8/h3-5,15H,2,6-7H2,1H3. The molecule has 0 atom stereocenters. The first-order valence-electron chi connectivity index (χ1n) is 5.43. The summed E-state index contributed by atoms with van der Waals surface area (Å²) in [6, 6.07) is 3.52. The van der Waals surface area contributed by atoms with Crippen molar-refractivity contribution in [3.63, 3.8) is 0 Å². The normalized spacial score (nSPS) is 17.4. The van der Waals surface area contributed by atoms with Crippen molar-refractivity contribution in [1.29, 1.82) is 0 Å². The molecule has 0 radical (unpaired) electrons. The molecular weight excluding hydrogens is 228 g/mol. The number of carbonyl (C=O) groups is 1. The number of hydrogen-bond donors (Lipinski definition) is 1. The number of nitrogens with one attached hydrogen (secondary N) is 1. The smallest absolute Gasteiger partial charge is 0.319 e. The Morgan fingerprint density at radius 2 is 2.12 bits per heavy atom. The molecule has 3 nitrogen and oxygen atoms in total. The van der Waals surface area contributed by atoms with E-state index in [0.29, 0.717) is 18.7 Å². The van der Waals surface area contributed by atoms with E-state index in [-0.39, 0.29) is 6.61 Å². The molecule has 0 saturated carbocycles. The van der Waals surface area contributed by atoms with Gasteiger partial charge in [-0.1, -0.05) is 6.07 Å². The minimum absolute atomic E-state index is 0.268. The number of ether oxygens (including phenoxy) is 1. The van der Waals surface area contributed by atoms with Crippen LogP contribution in [0, 0.1) is 11.6 Å². The van der Waals surface area contributed by atoms with Crippen LogP contribution in [0.15, 0.2) is 18.2 Å². The number of carbonyl (C=O) groups excluding carboxylic acids is 1. The van der Waals surface area contributed by atoms with Crippen molar-refractivity contribution < 1.29 is 18.3 Å². The third-order valence-electron chi connectivity index (χ3n) is 2.99. The topological polar surface area (TPSA) is 38.3 Å². The molecule has 0 bridgehead atoms. The predicted molar refractivity (Wildman–Crippen MR) is 57.5 cm³/mol. The molecule has 1 fully saturated rings. The van der Waals surface area contributed by atoms with Gasteiger partial charge in [0, 0.05) is 13.1 Å². The lowest BCUT2D eigenvalue weighted by atomic mass is 9.75. The van der Waals surface area contributed by atoms with Crippen LogP contribution in [0.25, 0.3) is 0 Å². The van der Waals surface area contributed by atoms with E-state index in [1.807, 2.05) is 0 Å². The Balaban J connectivity index is 2.34. The Bertz CT molecular complexity index is 444. The molecule has 17 heavy (non-hydrogen) atoms. The van der Waals surface area contributed by atoms with Crippen molar-refractivity contribution in [3.05, 3.63) is 35.4 Å². The van der Waals surface area contributed by atoms with E-state index in [9.17, 15) is 13.6 Å². The van der Waals surface area contributed by atoms with Crippen molar-refractivity contribution in [2.24, 2.45) is 0 Å². The fourth-order valence-corrected chi connectivity index (χ4v) is 1.90. The summed E-state index contributed by atoms with van der Waals surface area (Å²) in [6.45, 7) is 2.75. The highest BCUT2D eigenvalue weighted by Crippen LogP contribution is 2.31. The lowest BCUT2D eigenvalue weighted by Crippen LogP contribution is -2.62. The minimum atomic E-state index is -0.946. The van der Waals surface area contributed by atoms with Crippen molar-refractivity contribution in [2.75, 3.05) is 19.7 Å². The highest BCUT2D eigenvalue weighted by atomic mass is 19.2. The second kappa shape index (κ2) is 4.41. The third kappa shape index (κ3) is 1.91. The monoisotopic (exact) mass is 241 g/mol. The first kappa shape index (κ1) is 12.0. The molecule has 92 valence electrons. The van der Waals surface area contributed by atoms with Gasteiger partial charge in [0.15, 0.2) is 11.6 Å². The molecule has 1 heterocycles. The summed E-state index contributed by atoms with van der Waals surface area (Å²) in [6.07, 6.45) is 0. The average Bonchev–Trinajstić information content (AvgIpc) is 2.22. The summed E-state index contributed by atoms with van der Waals surface area (Å²) in [4.78, 5) is 11.9. The molecule has 5 heteroatoms. The predicted octanol–water partition coefficient (Wildman–Crippen LogP) is 1.37. The van der Waals surface area contributed by atoms with E-state index in [1.54, 1.807) is 6.92 Å². The Hall–Kier alpha value is -1.49. The number of hydrogen-bond acceptors (Lipinski definition) is 3. The van der Waals surface area contributed by atoms with Gasteiger partial charge < -0.3 is 10.1 Å². The average molecular weight is 241 g/mol. The van der Waals surface area contributed by atoms with Gasteiger partial charge in [-0.05, 0) is 24.6 Å². The number of benzene rings is 1. The molecule has 0 aliphatic carbocycles. The SMILES string of the molecule is CCOC(=O)C1(c2ccc(F)c(F)c2)CNC1. The first-order valence-corrected chi connectivity index (χ1v) is 5.43. The maximum atomic E-state index is 13.2. The lowest BCUT2D eigenvalue weighted by molar-refractivity contribution is -0.152. The number of esters is 1. The number of halogens is 2. The van der Waals surface area contributed by atoms with Crippen LogP contribution in [0.4, 0.5) is 8.78 Å². The van der Waals surface area contributed by atoms with E-state index >= 15 is 0 Å². The van der Waals surface area contributed by atoms with Gasteiger partial charge in [-0.15, -0.1) is 0 Å². The lowest BCUT2D eigenvalue weighted by Gasteiger charge is -2.40. The van der Waals surface area contributed by atoms with Gasteiger partial charge in [0.1, 0.15) is 5.41 Å². The van der Waals surface area contributed by atoms with Gasteiger partial charge in [0.05, 0.1) is 6.61 Å². The van der Waals surface area contributed by atoms with Gasteiger partial charge >= 0.3 is 5.97 Å². The van der Waals surface area contributed by atoms with Crippen molar-refractivity contribution in [1.82, 2.24) is 5.32 Å². The van der Waals surface area contributed by atoms with Crippen LogP contribution in [0.1, 0.15) is 12.5 Å². The summed E-state index contributed by atoms with van der Waals surface area (Å²) in [5.74, 6) is -2.26. The zero-order chi connectivity index (χ0) is 12.5. The van der Waals surface area contributed by atoms with Crippen LogP contribution in [-0.4, -0.2) is 25.7 Å². The molecular formula is C12H13F2NO2. The summed E-state index contributed by atoms with van der Waals surface area (Å²) in [5, 5.41) is 2.96. The second-order valence-electron chi connectivity index (χ2n) is 4.04. The highest BCUT2D eigenvalue weighted by Gasteiger charge is 2.47. The van der Waals surface area contributed by atoms with Crippen LogP contribution in [0.2, 0.25) is 0 Å². The molecule has 1 N–H and O–H groups in total. The summed E-state index contributed by atoms with van der Waals surface area (Å²) < 4.78 is 31.0. The number of rotatable bonds is 3. The van der Waals surface area contributed by atoms with Gasteiger partial charge in [0.25, 0.3) is 0 Å². The van der Waals surface area contributed by atoms with Crippen LogP contribution in [0.3, 0.4) is 0 Å². The van der Waals surface area contributed by atoms with E-state index in [4.69, 9.17) is 4.74 Å². The highest BCUT2D eigenvalue weighted by molar-refractivity contribution is 5.85. The summed E-state index contributed by atoms with van der Waals surface area (Å²) >= 11 is 0. The molecule has 1 aliphatic rings. The molecule has 1 saturated heterocycles. The molecule has 0 unspecified atom stereocenters. The van der Waals surface area contributed by atoms with E-state index in [1.165, 1.54) is 6.07 Å². The fraction of sp³-hybridized carbons (Fsp3) is 0.417. The van der Waals surface area contributed by atoms with Crippen molar-refractivity contribution in [3.8, 4) is 0 Å². The molecule has 0 spiro atoms. The first-order chi connectivity index (χ1) is 8.10. The van der Waals surface area contributed by atoms with Crippen molar-refractivity contribution >= 4 is 5.97 Å². The van der Waals surface area contributed by atoms with Crippen molar-refractivity contribution in [2.45, 2.75) is 12.3 Å². The Labute approximate surface area is 97.8 Å². The molecule has 0 aromatic heterocycles. The van der Waals surface area contributed by atoms with Gasteiger partial charge in [-0.2, -0.15) is 0 Å². The van der Waals surface area contributed by atoms with Crippen LogP contribution in [-0.2, 0) is 14.9 Å². The van der Waals surface area contributed by atoms with E-state index < -0.39 is 23.0 Å². The molecule has 1 aliphatic heterocycles. The molecule has 2 rings (SSSR count). The Morgan fingerprint density at radius 1 is 1.41 bits per heavy atom. The quantitative estimate of drug-likeness (QED) is 0.812. The Kier molecular flexibility index (Phi) is 3.11. The zero-order valence-corrected chi connectivity index (χ0v) is 9.43. The van der Waals surface area contributed by atoms with Crippen LogP contribution >= 0.6 is 0 Å². The van der Waals surface area contributed by atoms with E-state index in [0.717, 1.165) is 12.1 Å². The van der Waals surface area contributed by atoms with Crippen LogP contribution in [0.5, 0.6) is 0 Å². The largest absolute Gasteiger partial charge is 0.465 e. The zero-order valence-electron chi connectivity index (χ0n) is 9.43. The molecule has 0 amide bonds. The summed E-state index contributed by atoms with van der Waals surface area (Å²) in [7, 11) is 0.